The second-order valence-electron chi connectivity index (χ2n) is 4.15. The number of hydrogen-bond acceptors (Lipinski definition) is 2. The summed E-state index contributed by atoms with van der Waals surface area (Å²) in [7, 11) is 7.92. The Bertz CT molecular complexity index is 146. The summed E-state index contributed by atoms with van der Waals surface area (Å²) in [6.45, 7) is 9.02. The van der Waals surface area contributed by atoms with Gasteiger partial charge in [0.1, 0.15) is 7.17 Å². The van der Waals surface area contributed by atoms with E-state index in [2.05, 4.69) is 36.9 Å². The van der Waals surface area contributed by atoms with Gasteiger partial charge in [-0.15, -0.1) is 9.24 Å². The molecule has 0 bridgehead atoms. The van der Waals surface area contributed by atoms with Gasteiger partial charge in [0.05, 0.1) is 5.60 Å². The van der Waals surface area contributed by atoms with Gasteiger partial charge in [-0.1, -0.05) is 13.8 Å². The molecule has 13 heavy (non-hydrogen) atoms. The van der Waals surface area contributed by atoms with Crippen molar-refractivity contribution in [1.82, 2.24) is 0 Å². The van der Waals surface area contributed by atoms with E-state index in [1.165, 1.54) is 0 Å². The molecule has 5 heteroatoms. The van der Waals surface area contributed by atoms with E-state index in [-0.39, 0.29) is 10.8 Å². The summed E-state index contributed by atoms with van der Waals surface area (Å²) >= 11 is 0. The largest absolute Gasteiger partial charge is 0.454 e. The van der Waals surface area contributed by atoms with Gasteiger partial charge >= 0.3 is 0 Å². The number of rotatable bonds is 6. The van der Waals surface area contributed by atoms with Crippen molar-refractivity contribution < 1.29 is 9.39 Å². The van der Waals surface area contributed by atoms with Gasteiger partial charge in [-0.3, -0.25) is 0 Å². The van der Waals surface area contributed by atoms with Crippen molar-refractivity contribution >= 4 is 23.8 Å². The minimum atomic E-state index is -0.157. The molecule has 0 N–H and O–H groups in total. The SMILES string of the molecule is CO[B][B]COC(C)(C)C(C)(C)P. The lowest BCUT2D eigenvalue weighted by molar-refractivity contribution is -0.0147. The molecule has 0 aliphatic rings. The molecule has 0 aromatic rings. The molecule has 0 heterocycles. The maximum absolute atomic E-state index is 5.71. The van der Waals surface area contributed by atoms with Crippen LogP contribution in [0.1, 0.15) is 27.7 Å². The molecule has 0 aliphatic heterocycles. The average molecular weight is 200 g/mol. The molecule has 74 valence electrons. The maximum Gasteiger partial charge on any atom is 0.243 e. The van der Waals surface area contributed by atoms with E-state index in [0.29, 0.717) is 6.51 Å². The van der Waals surface area contributed by atoms with E-state index < -0.39 is 0 Å². The monoisotopic (exact) mass is 200 g/mol. The highest BCUT2D eigenvalue weighted by Gasteiger charge is 2.33. The molecule has 0 saturated carbocycles. The highest BCUT2D eigenvalue weighted by atomic mass is 31.0. The van der Waals surface area contributed by atoms with Crippen LogP contribution in [0.5, 0.6) is 0 Å². The standard InChI is InChI=1S/C8H19B2O2P/c1-7(2,8(3,4)13)12-6-9-10-11-5/h6,13H2,1-5H3. The van der Waals surface area contributed by atoms with Crippen molar-refractivity contribution in [2.24, 2.45) is 0 Å². The second-order valence-corrected chi connectivity index (χ2v) is 5.59. The third-order valence-electron chi connectivity index (χ3n) is 2.32. The topological polar surface area (TPSA) is 18.5 Å². The van der Waals surface area contributed by atoms with Crippen LogP contribution in [-0.4, -0.2) is 38.9 Å². The molecular formula is C8H19B2O2P. The average Bonchev–Trinajstić information content (AvgIpc) is 1.96. The van der Waals surface area contributed by atoms with Gasteiger partial charge in [0, 0.05) is 18.8 Å². The molecule has 0 aromatic heterocycles. The van der Waals surface area contributed by atoms with Gasteiger partial charge in [-0.2, -0.15) is 0 Å². The minimum absolute atomic E-state index is 0.0634. The van der Waals surface area contributed by atoms with Crippen LogP contribution in [0.3, 0.4) is 0 Å². The van der Waals surface area contributed by atoms with Gasteiger partial charge in [0.15, 0.2) is 0 Å². The first-order valence-electron chi connectivity index (χ1n) is 4.42. The molecule has 2 nitrogen and oxygen atoms in total. The first-order valence-corrected chi connectivity index (χ1v) is 4.99. The lowest BCUT2D eigenvalue weighted by Crippen LogP contribution is -2.43. The molecule has 0 aliphatic carbocycles. The first kappa shape index (κ1) is 13.5. The van der Waals surface area contributed by atoms with E-state index >= 15 is 0 Å². The third-order valence-corrected chi connectivity index (χ3v) is 3.02. The molecule has 0 aromatic carbocycles. The summed E-state index contributed by atoms with van der Waals surface area (Å²) in [5.41, 5.74) is -0.157. The van der Waals surface area contributed by atoms with Gasteiger partial charge in [-0.05, 0) is 13.8 Å². The fourth-order valence-corrected chi connectivity index (χ4v) is 0.661. The van der Waals surface area contributed by atoms with Crippen molar-refractivity contribution in [1.29, 1.82) is 0 Å². The predicted molar refractivity (Wildman–Crippen MR) is 62.3 cm³/mol. The Morgan fingerprint density at radius 3 is 2.15 bits per heavy atom. The Hall–Kier alpha value is 0.480. The van der Waals surface area contributed by atoms with Crippen molar-refractivity contribution in [3.8, 4) is 0 Å². The summed E-state index contributed by atoms with van der Waals surface area (Å²) in [5.74, 6) is 0. The third kappa shape index (κ3) is 5.05. The smallest absolute Gasteiger partial charge is 0.243 e. The predicted octanol–water partition coefficient (Wildman–Crippen LogP) is 1.28. The van der Waals surface area contributed by atoms with Crippen LogP contribution < -0.4 is 0 Å². The van der Waals surface area contributed by atoms with Crippen LogP contribution in [0.15, 0.2) is 0 Å². The van der Waals surface area contributed by atoms with E-state index in [9.17, 15) is 0 Å². The zero-order valence-electron chi connectivity index (χ0n) is 9.26. The second kappa shape index (κ2) is 5.38. The molecule has 0 saturated heterocycles. The number of ether oxygens (including phenoxy) is 1. The quantitative estimate of drug-likeness (QED) is 0.365. The van der Waals surface area contributed by atoms with Crippen LogP contribution >= 0.6 is 9.24 Å². The van der Waals surface area contributed by atoms with Crippen LogP contribution in [0.4, 0.5) is 0 Å². The maximum atomic E-state index is 5.71. The normalized spacial score (nSPS) is 12.8. The summed E-state index contributed by atoms with van der Waals surface area (Å²) in [4.78, 5) is 0. The van der Waals surface area contributed by atoms with Crippen molar-refractivity contribution in [3.63, 3.8) is 0 Å². The molecule has 0 rings (SSSR count). The van der Waals surface area contributed by atoms with Gasteiger partial charge in [-0.25, -0.2) is 0 Å². The molecule has 2 radical (unpaired) electrons. The zero-order chi connectivity index (χ0) is 10.5. The Labute approximate surface area is 85.8 Å². The van der Waals surface area contributed by atoms with Crippen LogP contribution in [-0.2, 0) is 9.39 Å². The summed E-state index contributed by atoms with van der Waals surface area (Å²) < 4.78 is 10.5. The highest BCUT2D eigenvalue weighted by molar-refractivity contribution is 7.19. The fraction of sp³-hybridized carbons (Fsp3) is 1.00. The minimum Gasteiger partial charge on any atom is -0.454 e. The Balaban J connectivity index is 3.77. The molecule has 0 amide bonds. The lowest BCUT2D eigenvalue weighted by Gasteiger charge is -2.38. The Morgan fingerprint density at radius 1 is 1.23 bits per heavy atom. The zero-order valence-corrected chi connectivity index (χ0v) is 10.4. The van der Waals surface area contributed by atoms with Crippen molar-refractivity contribution in [3.05, 3.63) is 0 Å². The van der Waals surface area contributed by atoms with E-state index in [4.69, 9.17) is 9.39 Å². The fourth-order valence-electron chi connectivity index (χ4n) is 0.578. The molecule has 0 spiro atoms. The summed E-state index contributed by atoms with van der Waals surface area (Å²) in [6, 6.07) is 0. The highest BCUT2D eigenvalue weighted by Crippen LogP contribution is 2.33. The molecular weight excluding hydrogens is 181 g/mol. The molecule has 1 atom stereocenters. The molecule has 1 unspecified atom stereocenters. The first-order chi connectivity index (χ1) is 5.81. The van der Waals surface area contributed by atoms with E-state index in [1.807, 2.05) is 7.17 Å². The Morgan fingerprint density at radius 2 is 1.77 bits per heavy atom. The molecule has 0 fully saturated rings. The van der Waals surface area contributed by atoms with Gasteiger partial charge in [0.2, 0.25) is 7.37 Å². The van der Waals surface area contributed by atoms with Crippen LogP contribution in [0.2, 0.25) is 0 Å². The van der Waals surface area contributed by atoms with Gasteiger partial charge < -0.3 is 9.39 Å². The number of hydrogen-bond donors (Lipinski definition) is 0. The van der Waals surface area contributed by atoms with Crippen LogP contribution in [0, 0.1) is 0 Å². The Kier molecular flexibility index (Phi) is 5.58. The van der Waals surface area contributed by atoms with Gasteiger partial charge in [0.25, 0.3) is 0 Å². The van der Waals surface area contributed by atoms with Crippen LogP contribution in [0.25, 0.3) is 0 Å². The summed E-state index contributed by atoms with van der Waals surface area (Å²) in [5, 5.41) is 0.0634. The van der Waals surface area contributed by atoms with Crippen molar-refractivity contribution in [2.75, 3.05) is 13.6 Å². The van der Waals surface area contributed by atoms with Crippen molar-refractivity contribution in [2.45, 2.75) is 38.5 Å². The lowest BCUT2D eigenvalue weighted by atomic mass is 9.51. The van der Waals surface area contributed by atoms with E-state index in [0.717, 1.165) is 0 Å². The van der Waals surface area contributed by atoms with E-state index in [1.54, 1.807) is 14.5 Å². The summed E-state index contributed by atoms with van der Waals surface area (Å²) in [6.07, 6.45) is 0.